The maximum Gasteiger partial charge on any atom is 0.240 e. The molecule has 2 aromatic heterocycles. The minimum atomic E-state index is -3.82. The molecule has 2 heterocycles. The van der Waals surface area contributed by atoms with E-state index in [4.69, 9.17) is 10.3 Å². The van der Waals surface area contributed by atoms with Crippen LogP contribution in [0.5, 0.6) is 0 Å². The summed E-state index contributed by atoms with van der Waals surface area (Å²) in [7, 11) is -3.82. The molecule has 0 saturated carbocycles. The molecule has 3 aromatic rings. The molecule has 3 rings (SSSR count). The number of hydrogen-bond donors (Lipinski definition) is 3. The lowest BCUT2D eigenvalue weighted by Crippen LogP contribution is -2.38. The summed E-state index contributed by atoms with van der Waals surface area (Å²) >= 11 is 0. The third kappa shape index (κ3) is 4.78. The van der Waals surface area contributed by atoms with Crippen molar-refractivity contribution in [1.82, 2.24) is 19.8 Å². The van der Waals surface area contributed by atoms with Crippen molar-refractivity contribution in [3.05, 3.63) is 41.7 Å². The highest BCUT2D eigenvalue weighted by Crippen LogP contribution is 2.29. The minimum absolute atomic E-state index is 0.0537. The van der Waals surface area contributed by atoms with Crippen LogP contribution in [0.4, 0.5) is 5.82 Å². The normalized spacial score (nSPS) is 12.3. The second-order valence-corrected chi connectivity index (χ2v) is 9.20. The number of rotatable bonds is 6. The third-order valence-electron chi connectivity index (χ3n) is 4.15. The lowest BCUT2D eigenvalue weighted by molar-refractivity contribution is 0.0857. The molecule has 0 atom stereocenters. The van der Waals surface area contributed by atoms with Gasteiger partial charge in [-0.2, -0.15) is 0 Å². The van der Waals surface area contributed by atoms with E-state index in [1.165, 1.54) is 32.2 Å². The quantitative estimate of drug-likeness (QED) is 0.553. The summed E-state index contributed by atoms with van der Waals surface area (Å²) in [5.41, 5.74) is 7.61. The van der Waals surface area contributed by atoms with Crippen molar-refractivity contribution in [1.29, 1.82) is 0 Å². The van der Waals surface area contributed by atoms with Crippen molar-refractivity contribution in [2.75, 3.05) is 12.3 Å². The monoisotopic (exact) mass is 417 g/mol. The molecule has 1 aromatic carbocycles. The highest BCUT2D eigenvalue weighted by Gasteiger charge is 2.21. The number of nitrogens with zero attached hydrogens (tertiary/aromatic N) is 3. The van der Waals surface area contributed by atoms with Crippen LogP contribution in [0.15, 0.2) is 39.9 Å². The zero-order chi connectivity index (χ0) is 21.4. The Balaban J connectivity index is 2.03. The van der Waals surface area contributed by atoms with Gasteiger partial charge in [0.15, 0.2) is 17.3 Å². The van der Waals surface area contributed by atoms with Gasteiger partial charge in [0, 0.05) is 18.2 Å². The summed E-state index contributed by atoms with van der Waals surface area (Å²) < 4.78 is 32.9. The van der Waals surface area contributed by atoms with Crippen LogP contribution < -0.4 is 10.5 Å². The van der Waals surface area contributed by atoms with Gasteiger partial charge in [0.2, 0.25) is 10.0 Å². The summed E-state index contributed by atoms with van der Waals surface area (Å²) in [5.74, 6) is 0.556. The number of benzene rings is 1. The summed E-state index contributed by atoms with van der Waals surface area (Å²) in [6.07, 6.45) is 1.48. The molecule has 0 fully saturated rings. The molecule has 0 bridgehead atoms. The van der Waals surface area contributed by atoms with Gasteiger partial charge in [-0.1, -0.05) is 11.2 Å². The predicted octanol–water partition coefficient (Wildman–Crippen LogP) is 2.05. The fraction of sp³-hybridized carbons (Fsp3) is 0.316. The molecule has 0 aliphatic rings. The molecule has 0 saturated heterocycles. The van der Waals surface area contributed by atoms with Crippen molar-refractivity contribution in [2.45, 2.75) is 38.2 Å². The van der Waals surface area contributed by atoms with Crippen LogP contribution in [0.1, 0.15) is 25.1 Å². The molecule has 0 spiro atoms. The number of aromatic nitrogens is 3. The standard InChI is InChI=1S/C19H23N5O4S/c1-11-5-6-13(29(26,27)22-10-19(3,4)25)8-14(11)15-9-21-18(20)17(23-15)16-7-12(2)24-28-16/h5-9,22,25H,10H2,1-4H3,(H2,20,21). The molecule has 29 heavy (non-hydrogen) atoms. The van der Waals surface area contributed by atoms with E-state index in [2.05, 4.69) is 19.8 Å². The number of nitrogen functional groups attached to an aromatic ring is 1. The lowest BCUT2D eigenvalue weighted by Gasteiger charge is -2.18. The molecule has 0 amide bonds. The maximum absolute atomic E-state index is 12.6. The molecule has 0 radical (unpaired) electrons. The number of nitrogens with two attached hydrogens (primary N) is 1. The first-order valence-electron chi connectivity index (χ1n) is 8.85. The molecule has 9 nitrogen and oxygen atoms in total. The van der Waals surface area contributed by atoms with Crippen LogP contribution >= 0.6 is 0 Å². The highest BCUT2D eigenvalue weighted by molar-refractivity contribution is 7.89. The van der Waals surface area contributed by atoms with E-state index in [-0.39, 0.29) is 17.3 Å². The van der Waals surface area contributed by atoms with Crippen LogP contribution in [-0.4, -0.2) is 40.8 Å². The lowest BCUT2D eigenvalue weighted by atomic mass is 10.1. The Labute approximate surface area is 169 Å². The number of aliphatic hydroxyl groups is 1. The van der Waals surface area contributed by atoms with E-state index < -0.39 is 15.6 Å². The van der Waals surface area contributed by atoms with E-state index in [0.717, 1.165) is 5.56 Å². The van der Waals surface area contributed by atoms with Gasteiger partial charge in [0.05, 0.1) is 28.1 Å². The number of hydrogen-bond acceptors (Lipinski definition) is 8. The Morgan fingerprint density at radius 2 is 1.97 bits per heavy atom. The molecule has 0 aliphatic heterocycles. The topological polar surface area (TPSA) is 144 Å². The summed E-state index contributed by atoms with van der Waals surface area (Å²) in [6.45, 7) is 6.54. The third-order valence-corrected chi connectivity index (χ3v) is 5.55. The summed E-state index contributed by atoms with van der Waals surface area (Å²) in [5, 5.41) is 13.6. The van der Waals surface area contributed by atoms with Crippen LogP contribution in [-0.2, 0) is 10.0 Å². The maximum atomic E-state index is 12.6. The number of aryl methyl sites for hydroxylation is 2. The number of anilines is 1. The smallest absolute Gasteiger partial charge is 0.240 e. The van der Waals surface area contributed by atoms with E-state index >= 15 is 0 Å². The second kappa shape index (κ2) is 7.54. The van der Waals surface area contributed by atoms with Gasteiger partial charge in [-0.15, -0.1) is 0 Å². The minimum Gasteiger partial charge on any atom is -0.389 e. The van der Waals surface area contributed by atoms with Gasteiger partial charge in [0.1, 0.15) is 0 Å². The zero-order valence-electron chi connectivity index (χ0n) is 16.6. The van der Waals surface area contributed by atoms with E-state index in [1.807, 2.05) is 6.92 Å². The average Bonchev–Trinajstić information content (AvgIpc) is 3.06. The molecular weight excluding hydrogens is 394 g/mol. The SMILES string of the molecule is Cc1cc(-c2nc(-c3cc(S(=O)(=O)NCC(C)(C)O)ccc3C)cnc2N)on1. The van der Waals surface area contributed by atoms with E-state index in [9.17, 15) is 13.5 Å². The fourth-order valence-corrected chi connectivity index (χ4v) is 3.81. The highest BCUT2D eigenvalue weighted by atomic mass is 32.2. The first kappa shape index (κ1) is 20.9. The molecule has 154 valence electrons. The van der Waals surface area contributed by atoms with Crippen LogP contribution in [0.2, 0.25) is 0 Å². The molecule has 0 aliphatic carbocycles. The van der Waals surface area contributed by atoms with Gasteiger partial charge >= 0.3 is 0 Å². The van der Waals surface area contributed by atoms with Crippen molar-refractivity contribution >= 4 is 15.8 Å². The van der Waals surface area contributed by atoms with Crippen LogP contribution in [0.25, 0.3) is 22.7 Å². The summed E-state index contributed by atoms with van der Waals surface area (Å²) in [4.78, 5) is 8.74. The Kier molecular flexibility index (Phi) is 5.44. The zero-order valence-corrected chi connectivity index (χ0v) is 17.4. The Morgan fingerprint density at radius 3 is 2.59 bits per heavy atom. The molecular formula is C19H23N5O4S. The first-order chi connectivity index (χ1) is 13.5. The Hall–Kier alpha value is -2.82. The van der Waals surface area contributed by atoms with Crippen molar-refractivity contribution < 1.29 is 18.0 Å². The first-order valence-corrected chi connectivity index (χ1v) is 10.3. The van der Waals surface area contributed by atoms with Gasteiger partial charge in [-0.25, -0.2) is 23.1 Å². The molecule has 4 N–H and O–H groups in total. The van der Waals surface area contributed by atoms with Crippen LogP contribution in [0, 0.1) is 13.8 Å². The molecule has 10 heteroatoms. The number of sulfonamides is 1. The van der Waals surface area contributed by atoms with E-state index in [1.54, 1.807) is 19.1 Å². The van der Waals surface area contributed by atoms with Gasteiger partial charge < -0.3 is 15.4 Å². The van der Waals surface area contributed by atoms with Gasteiger partial charge in [-0.3, -0.25) is 0 Å². The number of nitrogens with one attached hydrogen (secondary N) is 1. The van der Waals surface area contributed by atoms with Crippen LogP contribution in [0.3, 0.4) is 0 Å². The Bertz CT molecular complexity index is 1150. The Morgan fingerprint density at radius 1 is 1.24 bits per heavy atom. The fourth-order valence-electron chi connectivity index (χ4n) is 2.58. The van der Waals surface area contributed by atoms with Crippen molar-refractivity contribution in [3.63, 3.8) is 0 Å². The second-order valence-electron chi connectivity index (χ2n) is 7.44. The van der Waals surface area contributed by atoms with Gasteiger partial charge in [-0.05, 0) is 45.4 Å². The van der Waals surface area contributed by atoms with Gasteiger partial charge in [0.25, 0.3) is 0 Å². The molecule has 0 unspecified atom stereocenters. The largest absolute Gasteiger partial charge is 0.389 e. The van der Waals surface area contributed by atoms with Crippen molar-refractivity contribution in [2.24, 2.45) is 0 Å². The summed E-state index contributed by atoms with van der Waals surface area (Å²) in [6, 6.07) is 6.39. The predicted molar refractivity (Wildman–Crippen MR) is 108 cm³/mol. The average molecular weight is 417 g/mol. The van der Waals surface area contributed by atoms with Crippen molar-refractivity contribution in [3.8, 4) is 22.7 Å². The van der Waals surface area contributed by atoms with E-state index in [0.29, 0.717) is 28.4 Å².